The van der Waals surface area contributed by atoms with Crippen molar-refractivity contribution in [3.8, 4) is 11.8 Å². The molecule has 0 aliphatic carbocycles. The Kier molecular flexibility index (Phi) is 6.31. The number of rotatable bonds is 5. The molecule has 2 heterocycles. The molecule has 2 fully saturated rings. The summed E-state index contributed by atoms with van der Waals surface area (Å²) in [6.45, 7) is 7.91. The smallest absolute Gasteiger partial charge is 0.165 e. The Morgan fingerprint density at radius 1 is 1.17 bits per heavy atom. The van der Waals surface area contributed by atoms with Crippen LogP contribution in [0.25, 0.3) is 0 Å². The summed E-state index contributed by atoms with van der Waals surface area (Å²) in [6, 6.07) is 0. The van der Waals surface area contributed by atoms with Crippen LogP contribution in [-0.2, 0) is 28.4 Å². The molecule has 0 N–H and O–H groups in total. The SMILES string of the molecule is COCO[C@@H]([C@@H]1OC(C)(C)O[C@@H]1C#CCCl)[C@H]1COC(C)(C)O1. The van der Waals surface area contributed by atoms with Gasteiger partial charge in [-0.15, -0.1) is 11.6 Å². The number of halogens is 1. The maximum atomic E-state index is 6.01. The summed E-state index contributed by atoms with van der Waals surface area (Å²) < 4.78 is 34.3. The summed E-state index contributed by atoms with van der Waals surface area (Å²) in [5, 5.41) is 0. The van der Waals surface area contributed by atoms with Gasteiger partial charge in [-0.1, -0.05) is 11.8 Å². The fraction of sp³-hybridized carbons (Fsp3) is 0.875. The molecule has 4 atom stereocenters. The summed E-state index contributed by atoms with van der Waals surface area (Å²) in [6.07, 6.45) is -1.63. The zero-order chi connectivity index (χ0) is 17.1. The molecule has 23 heavy (non-hydrogen) atoms. The maximum Gasteiger partial charge on any atom is 0.165 e. The van der Waals surface area contributed by atoms with E-state index in [0.29, 0.717) is 6.61 Å². The van der Waals surface area contributed by atoms with Crippen molar-refractivity contribution < 1.29 is 28.4 Å². The lowest BCUT2D eigenvalue weighted by atomic mass is 10.0. The van der Waals surface area contributed by atoms with E-state index in [1.54, 1.807) is 7.11 Å². The molecule has 0 radical (unpaired) electrons. The molecule has 2 aliphatic rings. The zero-order valence-electron chi connectivity index (χ0n) is 14.3. The second kappa shape index (κ2) is 7.66. The fourth-order valence-electron chi connectivity index (χ4n) is 2.72. The predicted molar refractivity (Wildman–Crippen MR) is 84.0 cm³/mol. The molecular weight excluding hydrogens is 324 g/mol. The Bertz CT molecular complexity index is 455. The van der Waals surface area contributed by atoms with Gasteiger partial charge in [0.05, 0.1) is 12.5 Å². The van der Waals surface area contributed by atoms with E-state index in [0.717, 1.165) is 0 Å². The lowest BCUT2D eigenvalue weighted by Crippen LogP contribution is -2.46. The van der Waals surface area contributed by atoms with E-state index in [-0.39, 0.29) is 18.8 Å². The number of hydrogen-bond donors (Lipinski definition) is 0. The first-order chi connectivity index (χ1) is 10.8. The van der Waals surface area contributed by atoms with Crippen LogP contribution in [0, 0.1) is 11.8 Å². The van der Waals surface area contributed by atoms with Gasteiger partial charge in [0, 0.05) is 7.11 Å². The standard InChI is InChI=1S/C16H25ClO6/c1-15(2)20-9-12(22-15)13(19-10-18-5)14-11(7-6-8-17)21-16(3,4)23-14/h11-14H,8-10H2,1-5H3/t11-,12-,13-,14-/m1/s1. The Morgan fingerprint density at radius 2 is 1.91 bits per heavy atom. The Labute approximate surface area is 142 Å². The minimum atomic E-state index is -0.764. The summed E-state index contributed by atoms with van der Waals surface area (Å²) in [5.41, 5.74) is 0. The molecule has 132 valence electrons. The minimum Gasteiger partial charge on any atom is -0.359 e. The number of ether oxygens (including phenoxy) is 6. The van der Waals surface area contributed by atoms with Gasteiger partial charge in [-0.3, -0.25) is 0 Å². The van der Waals surface area contributed by atoms with Crippen LogP contribution in [0.2, 0.25) is 0 Å². The quantitative estimate of drug-likeness (QED) is 0.429. The number of alkyl halides is 1. The Balaban J connectivity index is 2.18. The largest absolute Gasteiger partial charge is 0.359 e. The first-order valence-corrected chi connectivity index (χ1v) is 8.14. The summed E-state index contributed by atoms with van der Waals surface area (Å²) in [4.78, 5) is 0. The van der Waals surface area contributed by atoms with Gasteiger partial charge >= 0.3 is 0 Å². The first kappa shape index (κ1) is 18.9. The highest BCUT2D eigenvalue weighted by molar-refractivity contribution is 6.19. The van der Waals surface area contributed by atoms with Crippen LogP contribution in [-0.4, -0.2) is 62.4 Å². The van der Waals surface area contributed by atoms with E-state index in [9.17, 15) is 0 Å². The highest BCUT2D eigenvalue weighted by atomic mass is 35.5. The van der Waals surface area contributed by atoms with Crippen molar-refractivity contribution in [1.82, 2.24) is 0 Å². The van der Waals surface area contributed by atoms with Crippen molar-refractivity contribution >= 4 is 11.6 Å². The second-order valence-electron chi connectivity index (χ2n) is 6.38. The van der Waals surface area contributed by atoms with Crippen LogP contribution >= 0.6 is 11.6 Å². The molecule has 0 aromatic heterocycles. The molecule has 0 bridgehead atoms. The first-order valence-electron chi connectivity index (χ1n) is 7.60. The Hall–Kier alpha value is -0.390. The average molecular weight is 349 g/mol. The lowest BCUT2D eigenvalue weighted by Gasteiger charge is -2.29. The van der Waals surface area contributed by atoms with Gasteiger partial charge < -0.3 is 28.4 Å². The molecule has 0 amide bonds. The van der Waals surface area contributed by atoms with Crippen LogP contribution < -0.4 is 0 Å². The van der Waals surface area contributed by atoms with Crippen molar-refractivity contribution in [2.24, 2.45) is 0 Å². The molecule has 2 aliphatic heterocycles. The third-order valence-electron chi connectivity index (χ3n) is 3.54. The van der Waals surface area contributed by atoms with Gasteiger partial charge in [0.25, 0.3) is 0 Å². The number of methoxy groups -OCH3 is 1. The summed E-state index contributed by atoms with van der Waals surface area (Å²) in [7, 11) is 1.56. The number of hydrogen-bond acceptors (Lipinski definition) is 6. The highest BCUT2D eigenvalue weighted by Gasteiger charge is 2.50. The average Bonchev–Trinajstić information content (AvgIpc) is 2.96. The van der Waals surface area contributed by atoms with Crippen molar-refractivity contribution in [1.29, 1.82) is 0 Å². The van der Waals surface area contributed by atoms with Gasteiger partial charge in [-0.05, 0) is 27.7 Å². The van der Waals surface area contributed by atoms with Gasteiger partial charge in [0.1, 0.15) is 31.2 Å². The van der Waals surface area contributed by atoms with Crippen LogP contribution in [0.1, 0.15) is 27.7 Å². The van der Waals surface area contributed by atoms with E-state index in [1.165, 1.54) is 0 Å². The second-order valence-corrected chi connectivity index (χ2v) is 6.65. The van der Waals surface area contributed by atoms with Crippen LogP contribution in [0.5, 0.6) is 0 Å². The van der Waals surface area contributed by atoms with Crippen molar-refractivity contribution in [3.05, 3.63) is 0 Å². The molecule has 0 aromatic rings. The normalized spacial score (nSPS) is 33.2. The van der Waals surface area contributed by atoms with E-state index >= 15 is 0 Å². The minimum absolute atomic E-state index is 0.112. The molecule has 0 unspecified atom stereocenters. The van der Waals surface area contributed by atoms with Gasteiger partial charge in [-0.25, -0.2) is 0 Å². The molecule has 2 rings (SSSR count). The van der Waals surface area contributed by atoms with Gasteiger partial charge in [-0.2, -0.15) is 0 Å². The van der Waals surface area contributed by atoms with E-state index in [4.69, 9.17) is 40.0 Å². The monoisotopic (exact) mass is 348 g/mol. The molecular formula is C16H25ClO6. The molecule has 2 saturated heterocycles. The summed E-state index contributed by atoms with van der Waals surface area (Å²) in [5.74, 6) is 4.62. The van der Waals surface area contributed by atoms with E-state index < -0.39 is 29.9 Å². The summed E-state index contributed by atoms with van der Waals surface area (Å²) >= 11 is 5.66. The van der Waals surface area contributed by atoms with Gasteiger partial charge in [0.15, 0.2) is 11.6 Å². The predicted octanol–water partition coefficient (Wildman–Crippen LogP) is 1.89. The van der Waals surface area contributed by atoms with E-state index in [1.807, 2.05) is 27.7 Å². The third-order valence-corrected chi connectivity index (χ3v) is 3.67. The zero-order valence-corrected chi connectivity index (χ0v) is 15.0. The van der Waals surface area contributed by atoms with Crippen LogP contribution in [0.15, 0.2) is 0 Å². The third kappa shape index (κ3) is 5.04. The molecule has 6 nitrogen and oxygen atoms in total. The van der Waals surface area contributed by atoms with Crippen LogP contribution in [0.4, 0.5) is 0 Å². The highest BCUT2D eigenvalue weighted by Crippen LogP contribution is 2.35. The molecule has 0 saturated carbocycles. The van der Waals surface area contributed by atoms with Crippen molar-refractivity contribution in [2.75, 3.05) is 26.4 Å². The van der Waals surface area contributed by atoms with E-state index in [2.05, 4.69) is 11.8 Å². The fourth-order valence-corrected chi connectivity index (χ4v) is 2.80. The molecule has 0 spiro atoms. The maximum absolute atomic E-state index is 6.01. The van der Waals surface area contributed by atoms with Crippen LogP contribution in [0.3, 0.4) is 0 Å². The van der Waals surface area contributed by atoms with Gasteiger partial charge in [0.2, 0.25) is 0 Å². The molecule has 0 aromatic carbocycles. The molecule has 7 heteroatoms. The Morgan fingerprint density at radius 3 is 2.48 bits per heavy atom. The van der Waals surface area contributed by atoms with Crippen molar-refractivity contribution in [3.63, 3.8) is 0 Å². The van der Waals surface area contributed by atoms with Crippen molar-refractivity contribution in [2.45, 2.75) is 63.7 Å². The lowest BCUT2D eigenvalue weighted by molar-refractivity contribution is -0.204. The topological polar surface area (TPSA) is 55.4 Å².